The molecular formula is C9H8F3N3O2. The molecule has 0 radical (unpaired) electrons. The SMILES string of the molecule is C=CCNc1cc(C(F)(F)F)ncc1[N+](=O)[O-]. The molecule has 0 aromatic carbocycles. The van der Waals surface area contributed by atoms with Gasteiger partial charge in [-0.2, -0.15) is 13.2 Å². The molecule has 5 nitrogen and oxygen atoms in total. The summed E-state index contributed by atoms with van der Waals surface area (Å²) in [6.45, 7) is 3.46. The van der Waals surface area contributed by atoms with E-state index in [2.05, 4.69) is 16.9 Å². The van der Waals surface area contributed by atoms with Crippen molar-refractivity contribution in [2.24, 2.45) is 0 Å². The fourth-order valence-electron chi connectivity index (χ4n) is 1.07. The van der Waals surface area contributed by atoms with E-state index in [4.69, 9.17) is 0 Å². The molecule has 0 fully saturated rings. The lowest BCUT2D eigenvalue weighted by atomic mass is 10.2. The van der Waals surface area contributed by atoms with Crippen LogP contribution in [0.4, 0.5) is 24.5 Å². The number of alkyl halides is 3. The number of hydrogen-bond donors (Lipinski definition) is 1. The van der Waals surface area contributed by atoms with Crippen LogP contribution >= 0.6 is 0 Å². The van der Waals surface area contributed by atoms with Crippen LogP contribution in [0.2, 0.25) is 0 Å². The van der Waals surface area contributed by atoms with Crippen molar-refractivity contribution in [2.45, 2.75) is 6.18 Å². The highest BCUT2D eigenvalue weighted by Gasteiger charge is 2.34. The molecule has 0 aliphatic carbocycles. The standard InChI is InChI=1S/C9H8F3N3O2/c1-2-3-13-6-4-8(9(10,11)12)14-5-7(6)15(16)17/h2,4-5H,1,3H2,(H,13,14). The molecule has 1 heterocycles. The lowest BCUT2D eigenvalue weighted by Gasteiger charge is -2.09. The van der Waals surface area contributed by atoms with Gasteiger partial charge in [0.2, 0.25) is 0 Å². The molecule has 0 saturated heterocycles. The summed E-state index contributed by atoms with van der Waals surface area (Å²) in [7, 11) is 0. The van der Waals surface area contributed by atoms with Crippen molar-refractivity contribution < 1.29 is 18.1 Å². The summed E-state index contributed by atoms with van der Waals surface area (Å²) < 4.78 is 37.0. The largest absolute Gasteiger partial charge is 0.433 e. The number of nitrogens with one attached hydrogen (secondary N) is 1. The topological polar surface area (TPSA) is 68.1 Å². The molecule has 1 aromatic heterocycles. The quantitative estimate of drug-likeness (QED) is 0.504. The Hall–Kier alpha value is -2.12. The Morgan fingerprint density at radius 2 is 2.24 bits per heavy atom. The molecule has 0 bridgehead atoms. The van der Waals surface area contributed by atoms with Gasteiger partial charge in [0, 0.05) is 6.54 Å². The number of anilines is 1. The minimum absolute atomic E-state index is 0.113. The minimum Gasteiger partial charge on any atom is -0.376 e. The number of pyridine rings is 1. The average molecular weight is 247 g/mol. The summed E-state index contributed by atoms with van der Waals surface area (Å²) in [6, 6.07) is 0.599. The molecular weight excluding hydrogens is 239 g/mol. The van der Waals surface area contributed by atoms with Gasteiger partial charge in [0.1, 0.15) is 17.6 Å². The fourth-order valence-corrected chi connectivity index (χ4v) is 1.07. The fraction of sp³-hybridized carbons (Fsp3) is 0.222. The highest BCUT2D eigenvalue weighted by molar-refractivity contribution is 5.61. The molecule has 0 unspecified atom stereocenters. The van der Waals surface area contributed by atoms with Gasteiger partial charge >= 0.3 is 11.9 Å². The Balaban J connectivity index is 3.19. The van der Waals surface area contributed by atoms with Crippen LogP contribution in [0, 0.1) is 10.1 Å². The molecule has 0 spiro atoms. The van der Waals surface area contributed by atoms with Crippen molar-refractivity contribution in [2.75, 3.05) is 11.9 Å². The van der Waals surface area contributed by atoms with Crippen LogP contribution in [0.5, 0.6) is 0 Å². The average Bonchev–Trinajstić information content (AvgIpc) is 2.24. The molecule has 17 heavy (non-hydrogen) atoms. The Labute approximate surface area is 94.1 Å². The molecule has 0 aliphatic heterocycles. The van der Waals surface area contributed by atoms with E-state index in [0.29, 0.717) is 12.3 Å². The van der Waals surface area contributed by atoms with Crippen LogP contribution in [-0.2, 0) is 6.18 Å². The second kappa shape index (κ2) is 4.81. The first kappa shape index (κ1) is 12.9. The summed E-state index contributed by atoms with van der Waals surface area (Å²) in [5.41, 5.74) is -1.94. The molecule has 1 rings (SSSR count). The maximum atomic E-state index is 12.3. The third kappa shape index (κ3) is 3.16. The summed E-state index contributed by atoms with van der Waals surface area (Å²) in [5, 5.41) is 13.0. The normalized spacial score (nSPS) is 11.0. The molecule has 1 aromatic rings. The van der Waals surface area contributed by atoms with Crippen LogP contribution in [0.15, 0.2) is 24.9 Å². The lowest BCUT2D eigenvalue weighted by molar-refractivity contribution is -0.384. The molecule has 92 valence electrons. The van der Waals surface area contributed by atoms with E-state index < -0.39 is 22.5 Å². The number of nitrogens with zero attached hydrogens (tertiary/aromatic N) is 2. The number of rotatable bonds is 4. The van der Waals surface area contributed by atoms with Crippen molar-refractivity contribution in [3.8, 4) is 0 Å². The molecule has 0 saturated carbocycles. The van der Waals surface area contributed by atoms with Crippen molar-refractivity contribution in [1.29, 1.82) is 0 Å². The van der Waals surface area contributed by atoms with Gasteiger partial charge in [-0.25, -0.2) is 4.98 Å². The Morgan fingerprint density at radius 1 is 1.59 bits per heavy atom. The second-order valence-electron chi connectivity index (χ2n) is 3.01. The molecule has 8 heteroatoms. The van der Waals surface area contributed by atoms with Crippen LogP contribution < -0.4 is 5.32 Å². The van der Waals surface area contributed by atoms with Gasteiger partial charge in [-0.05, 0) is 6.07 Å². The second-order valence-corrected chi connectivity index (χ2v) is 3.01. The van der Waals surface area contributed by atoms with Gasteiger partial charge < -0.3 is 5.32 Å². The molecule has 1 N–H and O–H groups in total. The van der Waals surface area contributed by atoms with E-state index in [0.717, 1.165) is 0 Å². The van der Waals surface area contributed by atoms with Gasteiger partial charge in [-0.3, -0.25) is 10.1 Å². The van der Waals surface area contributed by atoms with Crippen LogP contribution in [0.25, 0.3) is 0 Å². The predicted molar refractivity (Wildman–Crippen MR) is 54.6 cm³/mol. The van der Waals surface area contributed by atoms with E-state index in [9.17, 15) is 23.3 Å². The molecule has 0 aliphatic rings. The van der Waals surface area contributed by atoms with Crippen LogP contribution in [0.1, 0.15) is 5.69 Å². The van der Waals surface area contributed by atoms with Gasteiger partial charge in [-0.15, -0.1) is 6.58 Å². The van der Waals surface area contributed by atoms with Crippen LogP contribution in [-0.4, -0.2) is 16.5 Å². The van der Waals surface area contributed by atoms with Crippen molar-refractivity contribution in [3.63, 3.8) is 0 Å². The summed E-state index contributed by atoms with van der Waals surface area (Å²) >= 11 is 0. The number of halogens is 3. The zero-order chi connectivity index (χ0) is 13.1. The molecule has 0 atom stereocenters. The highest BCUT2D eigenvalue weighted by atomic mass is 19.4. The first-order valence-corrected chi connectivity index (χ1v) is 4.42. The van der Waals surface area contributed by atoms with Gasteiger partial charge in [0.05, 0.1) is 4.92 Å². The summed E-state index contributed by atoms with van der Waals surface area (Å²) in [5.74, 6) is 0. The third-order valence-electron chi connectivity index (χ3n) is 1.81. The third-order valence-corrected chi connectivity index (χ3v) is 1.81. The maximum Gasteiger partial charge on any atom is 0.433 e. The lowest BCUT2D eigenvalue weighted by Crippen LogP contribution is -2.10. The van der Waals surface area contributed by atoms with E-state index in [1.54, 1.807) is 0 Å². The number of nitro groups is 1. The highest BCUT2D eigenvalue weighted by Crippen LogP contribution is 2.32. The first-order chi connectivity index (χ1) is 7.86. The van der Waals surface area contributed by atoms with Crippen molar-refractivity contribution in [3.05, 3.63) is 40.7 Å². The van der Waals surface area contributed by atoms with Crippen molar-refractivity contribution >= 4 is 11.4 Å². The zero-order valence-corrected chi connectivity index (χ0v) is 8.49. The Morgan fingerprint density at radius 3 is 2.71 bits per heavy atom. The van der Waals surface area contributed by atoms with Gasteiger partial charge in [0.25, 0.3) is 0 Å². The predicted octanol–water partition coefficient (Wildman–Crippen LogP) is 2.61. The monoisotopic (exact) mass is 247 g/mol. The smallest absolute Gasteiger partial charge is 0.376 e. The van der Waals surface area contributed by atoms with E-state index in [-0.39, 0.29) is 12.2 Å². The Kier molecular flexibility index (Phi) is 3.66. The van der Waals surface area contributed by atoms with Crippen LogP contribution in [0.3, 0.4) is 0 Å². The number of aromatic nitrogens is 1. The van der Waals surface area contributed by atoms with Crippen molar-refractivity contribution in [1.82, 2.24) is 4.98 Å². The van der Waals surface area contributed by atoms with E-state index in [1.165, 1.54) is 6.08 Å². The van der Waals surface area contributed by atoms with Gasteiger partial charge in [0.15, 0.2) is 0 Å². The summed E-state index contributed by atoms with van der Waals surface area (Å²) in [4.78, 5) is 12.8. The number of hydrogen-bond acceptors (Lipinski definition) is 4. The summed E-state index contributed by atoms with van der Waals surface area (Å²) in [6.07, 6.45) is -2.69. The maximum absolute atomic E-state index is 12.3. The zero-order valence-electron chi connectivity index (χ0n) is 8.49. The Bertz CT molecular complexity index is 446. The minimum atomic E-state index is -4.64. The van der Waals surface area contributed by atoms with E-state index >= 15 is 0 Å². The van der Waals surface area contributed by atoms with Gasteiger partial charge in [-0.1, -0.05) is 6.08 Å². The van der Waals surface area contributed by atoms with E-state index in [1.807, 2.05) is 0 Å². The first-order valence-electron chi connectivity index (χ1n) is 4.42. The molecule has 0 amide bonds.